The predicted octanol–water partition coefficient (Wildman–Crippen LogP) is 8.93. The van der Waals surface area contributed by atoms with Gasteiger partial charge in [-0.25, -0.2) is 0 Å². The maximum Gasteiger partial charge on any atom is 0.306 e. The molecule has 6 atom stereocenters. The topological polar surface area (TPSA) is 132 Å². The van der Waals surface area contributed by atoms with E-state index in [0.717, 1.165) is 96.3 Å². The fourth-order valence-electron chi connectivity index (χ4n) is 5.66. The van der Waals surface area contributed by atoms with E-state index in [9.17, 15) is 24.9 Å². The van der Waals surface area contributed by atoms with Crippen molar-refractivity contribution in [3.8, 4) is 0 Å². The molecule has 1 aliphatic heterocycles. The Balaban J connectivity index is 2.42. The van der Waals surface area contributed by atoms with Crippen LogP contribution in [0.5, 0.6) is 0 Å². The maximum atomic E-state index is 12.7. The SMILES string of the molecule is CC/C=C\C/C=C\C/C=C\CCCCCCCC(=O)OCC(COC1OC(CO)C(C)C(O)C1O)OC(=O)CCCCC/C=C\C/C=C\C/C=C\CC. The molecule has 0 radical (unpaired) electrons. The fraction of sp³-hybridized carbons (Fsp3) is 0.682. The number of aliphatic hydroxyl groups excluding tert-OH is 3. The standard InChI is InChI=1S/C44H72O9/c1-4-6-8-10-12-14-16-18-19-21-22-24-26-28-30-32-40(46)50-35-38(36-51-44-43(49)42(48)37(3)39(34-45)53-44)52-41(47)33-31-29-27-25-23-20-17-15-13-11-9-7-5-2/h6-9,12-15,18-20,23,37-39,42-45,48-49H,4-5,10-11,16-17,21-22,24-36H2,1-3H3/b8-6-,9-7-,14-12-,15-13-,19-18-,23-20-. The molecular weight excluding hydrogens is 672 g/mol. The lowest BCUT2D eigenvalue weighted by molar-refractivity contribution is -0.293. The Morgan fingerprint density at radius 2 is 1.09 bits per heavy atom. The van der Waals surface area contributed by atoms with Gasteiger partial charge >= 0.3 is 11.9 Å². The van der Waals surface area contributed by atoms with E-state index in [1.54, 1.807) is 6.92 Å². The van der Waals surface area contributed by atoms with Crippen LogP contribution in [0, 0.1) is 5.92 Å². The van der Waals surface area contributed by atoms with E-state index in [1.165, 1.54) is 0 Å². The number of carbonyl (C=O) groups excluding carboxylic acids is 2. The van der Waals surface area contributed by atoms with Gasteiger partial charge < -0.3 is 34.3 Å². The zero-order valence-corrected chi connectivity index (χ0v) is 33.0. The molecule has 0 aliphatic carbocycles. The van der Waals surface area contributed by atoms with E-state index in [2.05, 4.69) is 86.8 Å². The van der Waals surface area contributed by atoms with Gasteiger partial charge in [-0.3, -0.25) is 9.59 Å². The Morgan fingerprint density at radius 1 is 0.623 bits per heavy atom. The number of hydrogen-bond acceptors (Lipinski definition) is 9. The molecule has 3 N–H and O–H groups in total. The summed E-state index contributed by atoms with van der Waals surface area (Å²) in [7, 11) is 0. The van der Waals surface area contributed by atoms with E-state index < -0.39 is 42.6 Å². The first-order valence-corrected chi connectivity index (χ1v) is 20.3. The van der Waals surface area contributed by atoms with Crippen LogP contribution in [-0.4, -0.2) is 77.8 Å². The highest BCUT2D eigenvalue weighted by Gasteiger charge is 2.42. The third-order valence-electron chi connectivity index (χ3n) is 8.98. The number of aliphatic hydroxyl groups is 3. The van der Waals surface area contributed by atoms with E-state index in [-0.39, 0.29) is 38.6 Å². The zero-order valence-electron chi connectivity index (χ0n) is 33.0. The highest BCUT2D eigenvalue weighted by Crippen LogP contribution is 2.26. The van der Waals surface area contributed by atoms with Crippen molar-refractivity contribution < 1.29 is 43.9 Å². The smallest absolute Gasteiger partial charge is 0.306 e. The minimum Gasteiger partial charge on any atom is -0.462 e. The van der Waals surface area contributed by atoms with Gasteiger partial charge in [0.1, 0.15) is 12.7 Å². The summed E-state index contributed by atoms with van der Waals surface area (Å²) in [5.41, 5.74) is 0. The van der Waals surface area contributed by atoms with Crippen LogP contribution in [0.2, 0.25) is 0 Å². The normalized spacial score (nSPS) is 21.7. The van der Waals surface area contributed by atoms with Gasteiger partial charge in [0.15, 0.2) is 12.4 Å². The summed E-state index contributed by atoms with van der Waals surface area (Å²) in [4.78, 5) is 25.3. The van der Waals surface area contributed by atoms with E-state index in [0.29, 0.717) is 6.42 Å². The molecule has 1 heterocycles. The lowest BCUT2D eigenvalue weighted by Crippen LogP contribution is -2.55. The molecule has 53 heavy (non-hydrogen) atoms. The molecule has 1 aliphatic rings. The molecule has 6 unspecified atom stereocenters. The van der Waals surface area contributed by atoms with Crippen molar-refractivity contribution in [1.82, 2.24) is 0 Å². The maximum absolute atomic E-state index is 12.7. The number of allylic oxidation sites excluding steroid dienone is 12. The third-order valence-corrected chi connectivity index (χ3v) is 8.98. The number of ether oxygens (including phenoxy) is 4. The molecule has 0 aromatic carbocycles. The van der Waals surface area contributed by atoms with Crippen LogP contribution in [-0.2, 0) is 28.5 Å². The van der Waals surface area contributed by atoms with Crippen LogP contribution in [0.25, 0.3) is 0 Å². The number of unbranched alkanes of at least 4 members (excludes halogenated alkanes) is 8. The molecule has 1 fully saturated rings. The van der Waals surface area contributed by atoms with Gasteiger partial charge in [-0.15, -0.1) is 0 Å². The van der Waals surface area contributed by atoms with Crippen molar-refractivity contribution in [2.24, 2.45) is 5.92 Å². The van der Waals surface area contributed by atoms with Crippen molar-refractivity contribution in [2.45, 2.75) is 167 Å². The van der Waals surface area contributed by atoms with Gasteiger partial charge in [0.2, 0.25) is 0 Å². The summed E-state index contributed by atoms with van der Waals surface area (Å²) >= 11 is 0. The van der Waals surface area contributed by atoms with Crippen molar-refractivity contribution in [3.63, 3.8) is 0 Å². The van der Waals surface area contributed by atoms with Crippen molar-refractivity contribution in [3.05, 3.63) is 72.9 Å². The third kappa shape index (κ3) is 25.8. The molecule has 0 bridgehead atoms. The predicted molar refractivity (Wildman–Crippen MR) is 213 cm³/mol. The van der Waals surface area contributed by atoms with Gasteiger partial charge in [-0.2, -0.15) is 0 Å². The van der Waals surface area contributed by atoms with Crippen molar-refractivity contribution >= 4 is 11.9 Å². The average molecular weight is 745 g/mol. The molecule has 302 valence electrons. The van der Waals surface area contributed by atoms with Crippen LogP contribution < -0.4 is 0 Å². The summed E-state index contributed by atoms with van der Waals surface area (Å²) in [6.45, 7) is 5.18. The number of hydrogen-bond donors (Lipinski definition) is 3. The first-order valence-electron chi connectivity index (χ1n) is 20.3. The second-order valence-electron chi connectivity index (χ2n) is 13.7. The fourth-order valence-corrected chi connectivity index (χ4v) is 5.66. The summed E-state index contributed by atoms with van der Waals surface area (Å²) in [5.74, 6) is -1.30. The lowest BCUT2D eigenvalue weighted by atomic mass is 9.91. The molecule has 9 nitrogen and oxygen atoms in total. The Morgan fingerprint density at radius 3 is 1.64 bits per heavy atom. The second-order valence-corrected chi connectivity index (χ2v) is 13.7. The Hall–Kier alpha value is -2.82. The van der Waals surface area contributed by atoms with E-state index in [1.807, 2.05) is 0 Å². The summed E-state index contributed by atoms with van der Waals surface area (Å²) < 4.78 is 22.5. The van der Waals surface area contributed by atoms with Crippen molar-refractivity contribution in [1.29, 1.82) is 0 Å². The first-order chi connectivity index (χ1) is 25.8. The van der Waals surface area contributed by atoms with E-state index in [4.69, 9.17) is 18.9 Å². The number of rotatable bonds is 31. The largest absolute Gasteiger partial charge is 0.462 e. The highest BCUT2D eigenvalue weighted by molar-refractivity contribution is 5.70. The van der Waals surface area contributed by atoms with Gasteiger partial charge in [0.05, 0.1) is 25.4 Å². The molecule has 0 saturated carbocycles. The lowest BCUT2D eigenvalue weighted by Gasteiger charge is -2.40. The Kier molecular flexibility index (Phi) is 30.7. The van der Waals surface area contributed by atoms with Gasteiger partial charge in [0, 0.05) is 18.8 Å². The number of carbonyl (C=O) groups is 2. The second kappa shape index (κ2) is 33.7. The number of esters is 2. The minimum absolute atomic E-state index is 0.194. The average Bonchev–Trinajstić information content (AvgIpc) is 3.15. The Labute approximate surface area is 320 Å². The Bertz CT molecular complexity index is 1090. The molecule has 0 aromatic rings. The van der Waals surface area contributed by atoms with Crippen molar-refractivity contribution in [2.75, 3.05) is 19.8 Å². The van der Waals surface area contributed by atoms with Crippen LogP contribution in [0.4, 0.5) is 0 Å². The zero-order chi connectivity index (χ0) is 38.8. The van der Waals surface area contributed by atoms with Crippen LogP contribution in [0.1, 0.15) is 136 Å². The molecule has 0 amide bonds. The van der Waals surface area contributed by atoms with Gasteiger partial charge in [0.25, 0.3) is 0 Å². The summed E-state index contributed by atoms with van der Waals surface area (Å²) in [6, 6.07) is 0. The molecule has 0 aromatic heterocycles. The molecule has 9 heteroatoms. The molecular formula is C44H72O9. The molecule has 1 saturated heterocycles. The molecule has 1 rings (SSSR count). The quantitative estimate of drug-likeness (QED) is 0.0362. The van der Waals surface area contributed by atoms with Crippen LogP contribution >= 0.6 is 0 Å². The van der Waals surface area contributed by atoms with Gasteiger partial charge in [-0.1, -0.05) is 119 Å². The summed E-state index contributed by atoms with van der Waals surface area (Å²) in [6.07, 6.45) is 36.7. The van der Waals surface area contributed by atoms with Crippen LogP contribution in [0.15, 0.2) is 72.9 Å². The minimum atomic E-state index is -1.35. The summed E-state index contributed by atoms with van der Waals surface area (Å²) in [5, 5.41) is 30.5. The van der Waals surface area contributed by atoms with Gasteiger partial charge in [-0.05, 0) is 77.0 Å². The highest BCUT2D eigenvalue weighted by atomic mass is 16.7. The molecule has 0 spiro atoms. The first kappa shape index (κ1) is 48.2. The van der Waals surface area contributed by atoms with E-state index >= 15 is 0 Å². The van der Waals surface area contributed by atoms with Crippen LogP contribution in [0.3, 0.4) is 0 Å². The monoisotopic (exact) mass is 745 g/mol.